The van der Waals surface area contributed by atoms with E-state index in [9.17, 15) is 5.21 Å². The average molecular weight is 354 g/mol. The predicted molar refractivity (Wildman–Crippen MR) is 104 cm³/mol. The lowest BCUT2D eigenvalue weighted by Gasteiger charge is -2.10. The largest absolute Gasteiger partial charge is 0.290 e. The number of hydrogen-bond acceptors (Lipinski definition) is 5. The second kappa shape index (κ2) is 7.32. The Kier molecular flexibility index (Phi) is 5.54. The van der Waals surface area contributed by atoms with E-state index in [1.165, 1.54) is 0 Å². The Morgan fingerprint density at radius 2 is 1.04 bits per heavy atom. The number of rotatable bonds is 3. The predicted octanol–water partition coefficient (Wildman–Crippen LogP) is 3.60. The highest BCUT2D eigenvalue weighted by atomic mass is 16.5. The van der Waals surface area contributed by atoms with Gasteiger partial charge in [0.2, 0.25) is 11.8 Å². The summed E-state index contributed by atoms with van der Waals surface area (Å²) < 4.78 is 1.16. The summed E-state index contributed by atoms with van der Waals surface area (Å²) in [5.41, 5.74) is 6.15. The van der Waals surface area contributed by atoms with Crippen LogP contribution in [0.25, 0.3) is 12.2 Å². The quantitative estimate of drug-likeness (QED) is 0.394. The van der Waals surface area contributed by atoms with Gasteiger partial charge in [-0.1, -0.05) is 0 Å². The number of nitrogens with zero attached hydrogens (tertiary/aromatic N) is 5. The molecule has 2 heterocycles. The van der Waals surface area contributed by atoms with Gasteiger partial charge in [-0.15, -0.1) is 0 Å². The maximum Gasteiger partial charge on any atom is 0.243 e. The van der Waals surface area contributed by atoms with Crippen LogP contribution in [0.1, 0.15) is 66.3 Å². The second-order valence-corrected chi connectivity index (χ2v) is 7.51. The zero-order chi connectivity index (χ0) is 19.6. The van der Waals surface area contributed by atoms with Gasteiger partial charge >= 0.3 is 0 Å². The minimum absolute atomic E-state index is 0.403. The fraction of sp³-hybridized carbons (Fsp3) is 0.450. The van der Waals surface area contributed by atoms with Gasteiger partial charge in [0.1, 0.15) is 0 Å². The molecule has 2 aromatic heterocycles. The maximum absolute atomic E-state index is 10.1. The Labute approximate surface area is 155 Å². The third kappa shape index (κ3) is 4.50. The smallest absolute Gasteiger partial charge is 0.243 e. The molecule has 0 amide bonds. The summed E-state index contributed by atoms with van der Waals surface area (Å²) in [7, 11) is 0. The molecule has 2 aromatic rings. The van der Waals surface area contributed by atoms with Crippen molar-refractivity contribution >= 4 is 18.4 Å². The molecule has 0 saturated carbocycles. The Bertz CT molecular complexity index is 892. The molecule has 26 heavy (non-hydrogen) atoms. The van der Waals surface area contributed by atoms with Crippen LogP contribution in [0.3, 0.4) is 0 Å². The molecule has 1 N–H and O–H groups in total. The van der Waals surface area contributed by atoms with E-state index in [4.69, 9.17) is 0 Å². The van der Waals surface area contributed by atoms with Crippen molar-refractivity contribution in [1.82, 2.24) is 19.9 Å². The average Bonchev–Trinajstić information content (AvgIpc) is 2.52. The molecule has 0 saturated heterocycles. The molecule has 0 aromatic carbocycles. The van der Waals surface area contributed by atoms with Gasteiger partial charge in [0.15, 0.2) is 5.69 Å². The van der Waals surface area contributed by atoms with E-state index < -0.39 is 5.54 Å². The Morgan fingerprint density at radius 1 is 0.654 bits per heavy atom. The SMILES string of the molecule is Cc1nc(C)c(/C=C/c2nc(C)c(/C=[N+](\O)C(C)(C)C)nc2C)nc1C. The van der Waals surface area contributed by atoms with Crippen LogP contribution < -0.4 is 0 Å². The second-order valence-electron chi connectivity index (χ2n) is 7.51. The molecule has 0 aliphatic rings. The summed E-state index contributed by atoms with van der Waals surface area (Å²) in [5, 5.41) is 10.1. The molecular weight excluding hydrogens is 326 g/mol. The first-order valence-electron chi connectivity index (χ1n) is 8.67. The number of aromatic nitrogens is 4. The van der Waals surface area contributed by atoms with Gasteiger partial charge in [0.25, 0.3) is 0 Å². The summed E-state index contributed by atoms with van der Waals surface area (Å²) >= 11 is 0. The maximum atomic E-state index is 10.1. The summed E-state index contributed by atoms with van der Waals surface area (Å²) in [5.74, 6) is 0. The van der Waals surface area contributed by atoms with Gasteiger partial charge in [0, 0.05) is 20.8 Å². The summed E-state index contributed by atoms with van der Waals surface area (Å²) in [6.07, 6.45) is 5.44. The van der Waals surface area contributed by atoms with Gasteiger partial charge in [-0.05, 0) is 51.5 Å². The number of hydroxylamine groups is 1. The zero-order valence-corrected chi connectivity index (χ0v) is 16.9. The van der Waals surface area contributed by atoms with Crippen LogP contribution in [0.2, 0.25) is 0 Å². The van der Waals surface area contributed by atoms with Crippen molar-refractivity contribution in [2.75, 3.05) is 0 Å². The lowest BCUT2D eigenvalue weighted by atomic mass is 10.1. The van der Waals surface area contributed by atoms with E-state index in [0.29, 0.717) is 5.69 Å². The van der Waals surface area contributed by atoms with Crippen molar-refractivity contribution < 1.29 is 9.95 Å². The van der Waals surface area contributed by atoms with Gasteiger partial charge in [-0.2, -0.15) is 0 Å². The van der Waals surface area contributed by atoms with E-state index in [1.54, 1.807) is 6.21 Å². The molecule has 0 bridgehead atoms. The molecule has 0 aliphatic heterocycles. The Balaban J connectivity index is 2.38. The van der Waals surface area contributed by atoms with Crippen molar-refractivity contribution in [2.45, 2.75) is 60.9 Å². The van der Waals surface area contributed by atoms with Gasteiger partial charge in [-0.3, -0.25) is 10.2 Å². The normalized spacial score (nSPS) is 12.8. The molecule has 0 aliphatic carbocycles. The standard InChI is InChI=1S/C20H28N5O/c1-12-13(2)22-17(14(3)21-12)9-10-18-15(4)24-19(16(5)23-18)11-25(26)20(6,7)8/h9-11,26H,1-8H3/q+1. The van der Waals surface area contributed by atoms with E-state index in [1.807, 2.05) is 67.5 Å². The van der Waals surface area contributed by atoms with Crippen molar-refractivity contribution in [2.24, 2.45) is 0 Å². The highest BCUT2D eigenvalue weighted by Gasteiger charge is 2.25. The van der Waals surface area contributed by atoms with Gasteiger partial charge in [0.05, 0.1) is 39.9 Å². The van der Waals surface area contributed by atoms with Crippen molar-refractivity contribution in [3.63, 3.8) is 0 Å². The third-order valence-corrected chi connectivity index (χ3v) is 4.17. The highest BCUT2D eigenvalue weighted by molar-refractivity contribution is 5.75. The third-order valence-electron chi connectivity index (χ3n) is 4.17. The van der Waals surface area contributed by atoms with Crippen LogP contribution in [0.5, 0.6) is 0 Å². The Hall–Kier alpha value is -2.63. The summed E-state index contributed by atoms with van der Waals surface area (Å²) in [6, 6.07) is 0. The Morgan fingerprint density at radius 3 is 1.58 bits per heavy atom. The monoisotopic (exact) mass is 354 g/mol. The molecule has 0 spiro atoms. The lowest BCUT2D eigenvalue weighted by molar-refractivity contribution is -0.816. The fourth-order valence-electron chi connectivity index (χ4n) is 2.28. The van der Waals surface area contributed by atoms with E-state index >= 15 is 0 Å². The minimum atomic E-state index is -0.403. The summed E-state index contributed by atoms with van der Waals surface area (Å²) in [6.45, 7) is 15.4. The first-order valence-corrected chi connectivity index (χ1v) is 8.67. The molecule has 0 fully saturated rings. The number of hydrogen-bond donors (Lipinski definition) is 1. The van der Waals surface area contributed by atoms with Crippen molar-refractivity contribution in [3.8, 4) is 0 Å². The van der Waals surface area contributed by atoms with Crippen LogP contribution in [0.15, 0.2) is 0 Å². The van der Waals surface area contributed by atoms with E-state index in [0.717, 1.165) is 44.6 Å². The topological polar surface area (TPSA) is 74.8 Å². The van der Waals surface area contributed by atoms with Gasteiger partial charge in [-0.25, -0.2) is 15.0 Å². The zero-order valence-electron chi connectivity index (χ0n) is 16.9. The van der Waals surface area contributed by atoms with Crippen molar-refractivity contribution in [3.05, 3.63) is 45.6 Å². The molecular formula is C20H28N5O+. The molecule has 2 rings (SSSR count). The van der Waals surface area contributed by atoms with Gasteiger partial charge < -0.3 is 0 Å². The highest BCUT2D eigenvalue weighted by Crippen LogP contribution is 2.14. The molecule has 0 unspecified atom stereocenters. The van der Waals surface area contributed by atoms with Crippen LogP contribution in [0.4, 0.5) is 0 Å². The van der Waals surface area contributed by atoms with Crippen LogP contribution in [-0.4, -0.2) is 41.6 Å². The van der Waals surface area contributed by atoms with E-state index in [-0.39, 0.29) is 0 Å². The van der Waals surface area contributed by atoms with Crippen LogP contribution >= 0.6 is 0 Å². The molecule has 0 radical (unpaired) electrons. The van der Waals surface area contributed by atoms with Crippen LogP contribution in [0, 0.1) is 34.6 Å². The first-order chi connectivity index (χ1) is 12.0. The molecule has 6 nitrogen and oxygen atoms in total. The van der Waals surface area contributed by atoms with Crippen molar-refractivity contribution in [1.29, 1.82) is 0 Å². The lowest BCUT2D eigenvalue weighted by Crippen LogP contribution is -2.31. The molecule has 6 heteroatoms. The fourth-order valence-corrected chi connectivity index (χ4v) is 2.28. The van der Waals surface area contributed by atoms with Crippen LogP contribution in [-0.2, 0) is 0 Å². The number of aryl methyl sites for hydroxylation is 5. The minimum Gasteiger partial charge on any atom is -0.290 e. The molecule has 0 atom stereocenters. The van der Waals surface area contributed by atoms with E-state index in [2.05, 4.69) is 19.9 Å². The first kappa shape index (κ1) is 19.7. The summed E-state index contributed by atoms with van der Waals surface area (Å²) in [4.78, 5) is 18.3. The molecule has 138 valence electrons.